The number of benzene rings is 1. The summed E-state index contributed by atoms with van der Waals surface area (Å²) in [4.78, 5) is 2.25. The summed E-state index contributed by atoms with van der Waals surface area (Å²) in [5.74, 6) is 0.294. The largest absolute Gasteiger partial charge is 0.508 e. The molecule has 1 rings (SSSR count). The van der Waals surface area contributed by atoms with Crippen LogP contribution in [-0.2, 0) is 9.47 Å². The fourth-order valence-corrected chi connectivity index (χ4v) is 2.08. The minimum absolute atomic E-state index is 0.294. The number of hydrogen-bond donors (Lipinski definition) is 1. The second-order valence-corrected chi connectivity index (χ2v) is 5.44. The highest BCUT2D eigenvalue weighted by Gasteiger charge is 2.06. The van der Waals surface area contributed by atoms with E-state index in [0.29, 0.717) is 5.75 Å². The Morgan fingerprint density at radius 2 is 1.32 bits per heavy atom. The van der Waals surface area contributed by atoms with Crippen molar-refractivity contribution in [1.82, 2.24) is 0 Å². The van der Waals surface area contributed by atoms with Crippen molar-refractivity contribution in [2.75, 3.05) is 44.4 Å². The Bertz CT molecular complexity index is 353. The molecule has 0 unspecified atom stereocenters. The van der Waals surface area contributed by atoms with Gasteiger partial charge < -0.3 is 19.5 Å². The van der Waals surface area contributed by atoms with Crippen molar-refractivity contribution in [3.8, 4) is 5.75 Å². The Hall–Kier alpha value is -1.26. The topological polar surface area (TPSA) is 41.9 Å². The Morgan fingerprint density at radius 1 is 0.818 bits per heavy atom. The molecule has 0 aliphatic rings. The molecule has 126 valence electrons. The number of ether oxygens (including phenoxy) is 2. The van der Waals surface area contributed by atoms with Crippen molar-refractivity contribution in [2.45, 2.75) is 39.5 Å². The molecule has 0 saturated heterocycles. The van der Waals surface area contributed by atoms with Crippen LogP contribution in [0.25, 0.3) is 0 Å². The summed E-state index contributed by atoms with van der Waals surface area (Å²) in [6.45, 7) is 9.10. The van der Waals surface area contributed by atoms with E-state index >= 15 is 0 Å². The first kappa shape index (κ1) is 18.8. The second kappa shape index (κ2) is 12.3. The molecule has 0 aliphatic carbocycles. The summed E-state index contributed by atoms with van der Waals surface area (Å²) in [6, 6.07) is 7.32. The summed E-state index contributed by atoms with van der Waals surface area (Å²) in [7, 11) is 0. The maximum Gasteiger partial charge on any atom is 0.115 e. The van der Waals surface area contributed by atoms with Crippen LogP contribution in [0.1, 0.15) is 39.5 Å². The number of rotatable bonds is 13. The maximum absolute atomic E-state index is 9.42. The van der Waals surface area contributed by atoms with Gasteiger partial charge in [-0.05, 0) is 37.1 Å². The lowest BCUT2D eigenvalue weighted by Crippen LogP contribution is -2.31. The van der Waals surface area contributed by atoms with Crippen LogP contribution in [-0.4, -0.2) is 44.6 Å². The van der Waals surface area contributed by atoms with Crippen LogP contribution < -0.4 is 4.90 Å². The number of aromatic hydroxyl groups is 1. The number of nitrogens with zero attached hydrogens (tertiary/aromatic N) is 1. The van der Waals surface area contributed by atoms with Crippen LogP contribution in [0.2, 0.25) is 0 Å². The highest BCUT2D eigenvalue weighted by molar-refractivity contribution is 5.48. The van der Waals surface area contributed by atoms with Gasteiger partial charge in [-0.1, -0.05) is 26.7 Å². The van der Waals surface area contributed by atoms with E-state index < -0.39 is 0 Å². The minimum Gasteiger partial charge on any atom is -0.508 e. The lowest BCUT2D eigenvalue weighted by Gasteiger charge is -2.25. The molecule has 1 N–H and O–H groups in total. The van der Waals surface area contributed by atoms with Crippen LogP contribution in [0.3, 0.4) is 0 Å². The van der Waals surface area contributed by atoms with E-state index in [-0.39, 0.29) is 0 Å². The van der Waals surface area contributed by atoms with Gasteiger partial charge in [0.1, 0.15) is 5.75 Å². The smallest absolute Gasteiger partial charge is 0.115 e. The molecular weight excluding hydrogens is 278 g/mol. The zero-order valence-corrected chi connectivity index (χ0v) is 14.1. The van der Waals surface area contributed by atoms with Gasteiger partial charge in [-0.15, -0.1) is 0 Å². The molecule has 0 bridgehead atoms. The molecular formula is C18H31NO3. The zero-order chi connectivity index (χ0) is 16.0. The molecule has 1 aromatic carbocycles. The third-order valence-electron chi connectivity index (χ3n) is 3.51. The van der Waals surface area contributed by atoms with Crippen LogP contribution in [0.5, 0.6) is 5.75 Å². The summed E-state index contributed by atoms with van der Waals surface area (Å²) in [5.41, 5.74) is 1.09. The average Bonchev–Trinajstić information content (AvgIpc) is 2.53. The highest BCUT2D eigenvalue weighted by atomic mass is 16.5. The standard InChI is InChI=1S/C18H31NO3/c1-3-5-13-21-15-11-19(12-16-22-14-6-4-2)17-7-9-18(20)10-8-17/h7-10,20H,3-6,11-16H2,1-2H3. The Morgan fingerprint density at radius 3 is 1.77 bits per heavy atom. The fraction of sp³-hybridized carbons (Fsp3) is 0.667. The van der Waals surface area contributed by atoms with Gasteiger partial charge in [0.05, 0.1) is 13.2 Å². The molecule has 0 radical (unpaired) electrons. The van der Waals surface area contributed by atoms with Crippen molar-refractivity contribution in [3.63, 3.8) is 0 Å². The third kappa shape index (κ3) is 8.25. The van der Waals surface area contributed by atoms with Gasteiger partial charge in [0.2, 0.25) is 0 Å². The average molecular weight is 309 g/mol. The van der Waals surface area contributed by atoms with E-state index in [1.54, 1.807) is 12.1 Å². The van der Waals surface area contributed by atoms with Gasteiger partial charge in [0.15, 0.2) is 0 Å². The predicted octanol–water partition coefficient (Wildman–Crippen LogP) is 3.83. The van der Waals surface area contributed by atoms with Crippen LogP contribution in [0.4, 0.5) is 5.69 Å². The van der Waals surface area contributed by atoms with Crippen molar-refractivity contribution in [1.29, 1.82) is 0 Å². The Balaban J connectivity index is 2.40. The number of phenolic OH excluding ortho intramolecular Hbond substituents is 1. The first-order valence-electron chi connectivity index (χ1n) is 8.47. The number of unbranched alkanes of at least 4 members (excludes halogenated alkanes) is 2. The summed E-state index contributed by atoms with van der Waals surface area (Å²) in [5, 5.41) is 9.42. The van der Waals surface area contributed by atoms with E-state index in [0.717, 1.165) is 70.9 Å². The van der Waals surface area contributed by atoms with E-state index in [2.05, 4.69) is 18.7 Å². The molecule has 0 fully saturated rings. The van der Waals surface area contributed by atoms with E-state index in [1.807, 2.05) is 12.1 Å². The van der Waals surface area contributed by atoms with Gasteiger partial charge in [0, 0.05) is 32.0 Å². The molecule has 22 heavy (non-hydrogen) atoms. The maximum atomic E-state index is 9.42. The first-order valence-corrected chi connectivity index (χ1v) is 8.47. The van der Waals surface area contributed by atoms with E-state index in [9.17, 15) is 5.11 Å². The predicted molar refractivity (Wildman–Crippen MR) is 91.8 cm³/mol. The zero-order valence-electron chi connectivity index (χ0n) is 14.1. The molecule has 0 amide bonds. The third-order valence-corrected chi connectivity index (χ3v) is 3.51. The van der Waals surface area contributed by atoms with E-state index in [1.165, 1.54) is 0 Å². The summed E-state index contributed by atoms with van der Waals surface area (Å²) < 4.78 is 11.3. The highest BCUT2D eigenvalue weighted by Crippen LogP contribution is 2.18. The van der Waals surface area contributed by atoms with Gasteiger partial charge in [0.25, 0.3) is 0 Å². The molecule has 0 saturated carbocycles. The molecule has 0 aromatic heterocycles. The fourth-order valence-electron chi connectivity index (χ4n) is 2.08. The normalized spacial score (nSPS) is 10.8. The van der Waals surface area contributed by atoms with Gasteiger partial charge >= 0.3 is 0 Å². The number of hydrogen-bond acceptors (Lipinski definition) is 4. The van der Waals surface area contributed by atoms with Gasteiger partial charge in [-0.25, -0.2) is 0 Å². The molecule has 0 aliphatic heterocycles. The van der Waals surface area contributed by atoms with Crippen LogP contribution >= 0.6 is 0 Å². The molecule has 4 nitrogen and oxygen atoms in total. The van der Waals surface area contributed by atoms with Crippen molar-refractivity contribution >= 4 is 5.69 Å². The van der Waals surface area contributed by atoms with E-state index in [4.69, 9.17) is 9.47 Å². The number of phenols is 1. The SMILES string of the molecule is CCCCOCCN(CCOCCCC)c1ccc(O)cc1. The second-order valence-electron chi connectivity index (χ2n) is 5.44. The Kier molecular flexibility index (Phi) is 10.5. The van der Waals surface area contributed by atoms with Crippen LogP contribution in [0, 0.1) is 0 Å². The van der Waals surface area contributed by atoms with Crippen molar-refractivity contribution in [3.05, 3.63) is 24.3 Å². The van der Waals surface area contributed by atoms with Gasteiger partial charge in [-0.3, -0.25) is 0 Å². The molecule has 0 heterocycles. The quantitative estimate of drug-likeness (QED) is 0.562. The van der Waals surface area contributed by atoms with Crippen LogP contribution in [0.15, 0.2) is 24.3 Å². The molecule has 1 aromatic rings. The number of anilines is 1. The summed E-state index contributed by atoms with van der Waals surface area (Å²) >= 11 is 0. The summed E-state index contributed by atoms with van der Waals surface area (Å²) in [6.07, 6.45) is 4.54. The first-order chi connectivity index (χ1) is 10.8. The molecule has 4 heteroatoms. The lowest BCUT2D eigenvalue weighted by molar-refractivity contribution is 0.125. The Labute approximate surface area is 135 Å². The molecule has 0 atom stereocenters. The van der Waals surface area contributed by atoms with Crippen molar-refractivity contribution in [2.24, 2.45) is 0 Å². The monoisotopic (exact) mass is 309 g/mol. The van der Waals surface area contributed by atoms with Crippen molar-refractivity contribution < 1.29 is 14.6 Å². The van der Waals surface area contributed by atoms with Gasteiger partial charge in [-0.2, -0.15) is 0 Å². The minimum atomic E-state index is 0.294. The molecule has 0 spiro atoms. The lowest BCUT2D eigenvalue weighted by atomic mass is 10.2.